The Bertz CT molecular complexity index is 734. The van der Waals surface area contributed by atoms with Crippen molar-refractivity contribution in [2.24, 2.45) is 5.92 Å². The van der Waals surface area contributed by atoms with Crippen LogP contribution in [-0.2, 0) is 4.79 Å². The Labute approximate surface area is 169 Å². The quantitative estimate of drug-likeness (QED) is 0.175. The SMILES string of the molecule is CCCCCCC(CCCC)C(=O)Oc1ccc(-c2cccc(C=O)c2)cc1. The smallest absolute Gasteiger partial charge is 0.314 e. The molecule has 3 heteroatoms. The molecule has 2 aromatic rings. The van der Waals surface area contributed by atoms with E-state index in [1.165, 1.54) is 19.3 Å². The average Bonchev–Trinajstić information content (AvgIpc) is 2.73. The Balaban J connectivity index is 1.99. The molecule has 28 heavy (non-hydrogen) atoms. The largest absolute Gasteiger partial charge is 0.426 e. The summed E-state index contributed by atoms with van der Waals surface area (Å²) < 4.78 is 5.67. The molecular weight excluding hydrogens is 348 g/mol. The first kappa shape index (κ1) is 21.9. The molecule has 2 rings (SSSR count). The number of esters is 1. The van der Waals surface area contributed by atoms with E-state index < -0.39 is 0 Å². The summed E-state index contributed by atoms with van der Waals surface area (Å²) in [7, 11) is 0. The number of aldehydes is 1. The number of hydrogen-bond acceptors (Lipinski definition) is 3. The lowest BCUT2D eigenvalue weighted by molar-refractivity contribution is -0.139. The van der Waals surface area contributed by atoms with Crippen LogP contribution in [0.5, 0.6) is 5.75 Å². The minimum Gasteiger partial charge on any atom is -0.426 e. The lowest BCUT2D eigenvalue weighted by atomic mass is 9.95. The Hall–Kier alpha value is -2.42. The molecule has 0 saturated heterocycles. The number of ether oxygens (including phenoxy) is 1. The van der Waals surface area contributed by atoms with Crippen molar-refractivity contribution in [3.63, 3.8) is 0 Å². The molecule has 0 saturated carbocycles. The molecule has 0 aliphatic rings. The maximum absolute atomic E-state index is 12.7. The van der Waals surface area contributed by atoms with Gasteiger partial charge in [-0.15, -0.1) is 0 Å². The van der Waals surface area contributed by atoms with Crippen LogP contribution >= 0.6 is 0 Å². The predicted molar refractivity (Wildman–Crippen MR) is 115 cm³/mol. The molecule has 3 nitrogen and oxygen atoms in total. The van der Waals surface area contributed by atoms with Crippen molar-refractivity contribution in [2.75, 3.05) is 0 Å². The molecule has 0 amide bonds. The van der Waals surface area contributed by atoms with Crippen LogP contribution in [0.1, 0.15) is 75.6 Å². The van der Waals surface area contributed by atoms with E-state index in [0.717, 1.165) is 49.5 Å². The second-order valence-electron chi connectivity index (χ2n) is 7.38. The van der Waals surface area contributed by atoms with Gasteiger partial charge in [0.25, 0.3) is 0 Å². The number of carbonyl (C=O) groups is 2. The molecule has 0 heterocycles. The van der Waals surface area contributed by atoms with Gasteiger partial charge in [-0.05, 0) is 42.2 Å². The average molecular weight is 381 g/mol. The number of carbonyl (C=O) groups excluding carboxylic acids is 2. The van der Waals surface area contributed by atoms with Crippen LogP contribution in [0.2, 0.25) is 0 Å². The molecule has 0 radical (unpaired) electrons. The van der Waals surface area contributed by atoms with E-state index in [2.05, 4.69) is 13.8 Å². The number of benzene rings is 2. The van der Waals surface area contributed by atoms with Crippen molar-refractivity contribution in [1.29, 1.82) is 0 Å². The zero-order valence-electron chi connectivity index (χ0n) is 17.2. The Morgan fingerprint density at radius 1 is 0.893 bits per heavy atom. The van der Waals surface area contributed by atoms with E-state index in [-0.39, 0.29) is 11.9 Å². The maximum atomic E-state index is 12.7. The van der Waals surface area contributed by atoms with Crippen LogP contribution in [0.3, 0.4) is 0 Å². The summed E-state index contributed by atoms with van der Waals surface area (Å²) in [5, 5.41) is 0. The molecule has 0 bridgehead atoms. The third-order valence-electron chi connectivity index (χ3n) is 5.07. The Morgan fingerprint density at radius 2 is 1.61 bits per heavy atom. The van der Waals surface area contributed by atoms with Gasteiger partial charge in [0, 0.05) is 5.56 Å². The summed E-state index contributed by atoms with van der Waals surface area (Å²) >= 11 is 0. The van der Waals surface area contributed by atoms with Gasteiger partial charge in [0.2, 0.25) is 0 Å². The molecule has 1 atom stereocenters. The minimum atomic E-state index is -0.111. The summed E-state index contributed by atoms with van der Waals surface area (Å²) in [6, 6.07) is 15.0. The topological polar surface area (TPSA) is 43.4 Å². The molecule has 2 aromatic carbocycles. The summed E-state index contributed by atoms with van der Waals surface area (Å²) in [6.45, 7) is 4.35. The number of rotatable bonds is 12. The number of unbranched alkanes of at least 4 members (excludes halogenated alkanes) is 4. The second-order valence-corrected chi connectivity index (χ2v) is 7.38. The third kappa shape index (κ3) is 6.95. The van der Waals surface area contributed by atoms with E-state index in [4.69, 9.17) is 4.74 Å². The van der Waals surface area contributed by atoms with Gasteiger partial charge in [-0.2, -0.15) is 0 Å². The maximum Gasteiger partial charge on any atom is 0.314 e. The zero-order valence-corrected chi connectivity index (χ0v) is 17.2. The third-order valence-corrected chi connectivity index (χ3v) is 5.07. The van der Waals surface area contributed by atoms with Gasteiger partial charge in [-0.1, -0.05) is 82.7 Å². The molecule has 0 aliphatic carbocycles. The fourth-order valence-corrected chi connectivity index (χ4v) is 3.35. The van der Waals surface area contributed by atoms with Crippen molar-refractivity contribution >= 4 is 12.3 Å². The summed E-state index contributed by atoms with van der Waals surface area (Å²) in [6.07, 6.45) is 9.50. The summed E-state index contributed by atoms with van der Waals surface area (Å²) in [5.41, 5.74) is 2.61. The highest BCUT2D eigenvalue weighted by Crippen LogP contribution is 2.25. The van der Waals surface area contributed by atoms with Gasteiger partial charge in [-0.3, -0.25) is 9.59 Å². The highest BCUT2D eigenvalue weighted by atomic mass is 16.5. The molecule has 0 aromatic heterocycles. The monoisotopic (exact) mass is 380 g/mol. The molecule has 0 fully saturated rings. The van der Waals surface area contributed by atoms with Crippen LogP contribution in [0, 0.1) is 5.92 Å². The van der Waals surface area contributed by atoms with Crippen molar-refractivity contribution in [1.82, 2.24) is 0 Å². The Kier molecular flexibility index (Phi) is 9.47. The first-order valence-corrected chi connectivity index (χ1v) is 10.5. The van der Waals surface area contributed by atoms with Gasteiger partial charge in [0.15, 0.2) is 0 Å². The lowest BCUT2D eigenvalue weighted by Crippen LogP contribution is -2.20. The predicted octanol–water partition coefficient (Wildman–Crippen LogP) is 6.85. The number of hydrogen-bond donors (Lipinski definition) is 0. The van der Waals surface area contributed by atoms with Crippen molar-refractivity contribution in [3.05, 3.63) is 54.1 Å². The zero-order chi connectivity index (χ0) is 20.2. The highest BCUT2D eigenvalue weighted by Gasteiger charge is 2.20. The normalized spacial score (nSPS) is 11.8. The van der Waals surface area contributed by atoms with Gasteiger partial charge in [0.05, 0.1) is 5.92 Å². The lowest BCUT2D eigenvalue weighted by Gasteiger charge is -2.16. The van der Waals surface area contributed by atoms with Crippen LogP contribution in [0.4, 0.5) is 0 Å². The van der Waals surface area contributed by atoms with E-state index >= 15 is 0 Å². The second kappa shape index (κ2) is 12.1. The van der Waals surface area contributed by atoms with Crippen molar-refractivity contribution in [2.45, 2.75) is 65.2 Å². The van der Waals surface area contributed by atoms with E-state index in [1.54, 1.807) is 6.07 Å². The minimum absolute atomic E-state index is 0.0132. The van der Waals surface area contributed by atoms with Crippen LogP contribution < -0.4 is 4.74 Å². The first-order valence-electron chi connectivity index (χ1n) is 10.5. The highest BCUT2D eigenvalue weighted by molar-refractivity contribution is 5.79. The molecular formula is C25H32O3. The fraction of sp³-hybridized carbons (Fsp3) is 0.440. The van der Waals surface area contributed by atoms with Gasteiger partial charge < -0.3 is 4.74 Å². The first-order chi connectivity index (χ1) is 13.7. The van der Waals surface area contributed by atoms with E-state index in [0.29, 0.717) is 11.3 Å². The van der Waals surface area contributed by atoms with E-state index in [9.17, 15) is 9.59 Å². The summed E-state index contributed by atoms with van der Waals surface area (Å²) in [5.74, 6) is 0.455. The van der Waals surface area contributed by atoms with Crippen molar-refractivity contribution < 1.29 is 14.3 Å². The van der Waals surface area contributed by atoms with Crippen LogP contribution in [0.25, 0.3) is 11.1 Å². The van der Waals surface area contributed by atoms with Gasteiger partial charge >= 0.3 is 5.97 Å². The van der Waals surface area contributed by atoms with Crippen molar-refractivity contribution in [3.8, 4) is 16.9 Å². The van der Waals surface area contributed by atoms with Crippen LogP contribution in [-0.4, -0.2) is 12.3 Å². The standard InChI is InChI=1S/C25H32O3/c1-3-5-7-8-12-22(11-6-4-2)25(27)28-24-16-14-21(15-17-24)23-13-9-10-20(18-23)19-26/h9-10,13-19,22H,3-8,11-12H2,1-2H3. The summed E-state index contributed by atoms with van der Waals surface area (Å²) in [4.78, 5) is 23.6. The molecule has 0 N–H and O–H groups in total. The van der Waals surface area contributed by atoms with E-state index in [1.807, 2.05) is 42.5 Å². The fourth-order valence-electron chi connectivity index (χ4n) is 3.35. The van der Waals surface area contributed by atoms with Gasteiger partial charge in [0.1, 0.15) is 12.0 Å². The molecule has 1 unspecified atom stereocenters. The Morgan fingerprint density at radius 3 is 2.29 bits per heavy atom. The van der Waals surface area contributed by atoms with Gasteiger partial charge in [-0.25, -0.2) is 0 Å². The molecule has 0 spiro atoms. The van der Waals surface area contributed by atoms with Crippen LogP contribution in [0.15, 0.2) is 48.5 Å². The molecule has 0 aliphatic heterocycles. The molecule has 150 valence electrons.